The zero-order valence-electron chi connectivity index (χ0n) is 8.49. The molecule has 2 aromatic heterocycles. The highest BCUT2D eigenvalue weighted by atomic mass is 16.5. The predicted molar refractivity (Wildman–Crippen MR) is 54.6 cm³/mol. The number of aromatic nitrogens is 4. The van der Waals surface area contributed by atoms with Crippen LogP contribution in [0.4, 0.5) is 5.82 Å². The van der Waals surface area contributed by atoms with E-state index in [1.807, 2.05) is 0 Å². The van der Waals surface area contributed by atoms with Crippen molar-refractivity contribution in [3.63, 3.8) is 0 Å². The molecule has 0 aliphatic carbocycles. The third-order valence-corrected chi connectivity index (χ3v) is 1.80. The Morgan fingerprint density at radius 3 is 3.06 bits per heavy atom. The van der Waals surface area contributed by atoms with Gasteiger partial charge in [0.05, 0.1) is 11.3 Å². The molecule has 0 saturated heterocycles. The van der Waals surface area contributed by atoms with Crippen molar-refractivity contribution in [3.8, 4) is 5.69 Å². The second-order valence-electron chi connectivity index (χ2n) is 3.10. The molecule has 2 heterocycles. The van der Waals surface area contributed by atoms with Crippen LogP contribution >= 0.6 is 0 Å². The number of rotatable bonds is 2. The maximum absolute atomic E-state index is 11.5. The summed E-state index contributed by atoms with van der Waals surface area (Å²) in [6.07, 6.45) is 4.27. The molecular formula is C9H9N5O2. The second kappa shape index (κ2) is 3.97. The van der Waals surface area contributed by atoms with Crippen LogP contribution in [-0.2, 0) is 4.79 Å². The van der Waals surface area contributed by atoms with E-state index in [1.54, 1.807) is 18.3 Å². The fourth-order valence-electron chi connectivity index (χ4n) is 1.21. The van der Waals surface area contributed by atoms with E-state index in [-0.39, 0.29) is 11.7 Å². The van der Waals surface area contributed by atoms with E-state index in [0.29, 0.717) is 10.5 Å². The van der Waals surface area contributed by atoms with E-state index in [0.717, 1.165) is 4.80 Å². The third-order valence-electron chi connectivity index (χ3n) is 1.80. The zero-order valence-corrected chi connectivity index (χ0v) is 8.49. The van der Waals surface area contributed by atoms with Crippen molar-refractivity contribution in [2.45, 2.75) is 6.92 Å². The van der Waals surface area contributed by atoms with Crippen LogP contribution < -0.4 is 10.2 Å². The molecule has 0 aliphatic rings. The van der Waals surface area contributed by atoms with Crippen LogP contribution in [0, 0.1) is 5.21 Å². The number of pyridine rings is 1. The van der Waals surface area contributed by atoms with E-state index >= 15 is 0 Å². The monoisotopic (exact) mass is 219 g/mol. The molecule has 0 bridgehead atoms. The molecule has 16 heavy (non-hydrogen) atoms. The molecule has 2 aromatic rings. The molecule has 82 valence electrons. The maximum atomic E-state index is 11.5. The summed E-state index contributed by atoms with van der Waals surface area (Å²) in [7, 11) is 0. The highest BCUT2D eigenvalue weighted by Gasteiger charge is 2.14. The van der Waals surface area contributed by atoms with Gasteiger partial charge in [0.25, 0.3) is 0 Å². The predicted octanol–water partition coefficient (Wildman–Crippen LogP) is -0.141. The smallest absolute Gasteiger partial charge is 0.315 e. The standard InChI is InChI=1S/C9H9N5O2/c1-7(15)11-9-6-13(16)14(12-9)8-3-2-4-10-5-8/h2-6H,1H3,(H,11,12,15). The molecule has 0 atom stereocenters. The fourth-order valence-corrected chi connectivity index (χ4v) is 1.21. The molecule has 0 spiro atoms. The van der Waals surface area contributed by atoms with Crippen molar-refractivity contribution in [1.29, 1.82) is 0 Å². The van der Waals surface area contributed by atoms with E-state index < -0.39 is 0 Å². The summed E-state index contributed by atoms with van der Waals surface area (Å²) in [5, 5.41) is 17.8. The summed E-state index contributed by atoms with van der Waals surface area (Å²) in [6.45, 7) is 1.35. The number of nitrogens with zero attached hydrogens (tertiary/aromatic N) is 4. The summed E-state index contributed by atoms with van der Waals surface area (Å²) >= 11 is 0. The third kappa shape index (κ3) is 1.97. The van der Waals surface area contributed by atoms with Gasteiger partial charge in [0.1, 0.15) is 5.69 Å². The van der Waals surface area contributed by atoms with E-state index in [1.165, 1.54) is 19.3 Å². The Bertz CT molecular complexity index is 508. The van der Waals surface area contributed by atoms with Crippen molar-refractivity contribution >= 4 is 11.7 Å². The van der Waals surface area contributed by atoms with E-state index in [2.05, 4.69) is 15.4 Å². The Morgan fingerprint density at radius 1 is 1.62 bits per heavy atom. The minimum absolute atomic E-state index is 0.200. The van der Waals surface area contributed by atoms with Crippen molar-refractivity contribution in [3.05, 3.63) is 35.9 Å². The minimum atomic E-state index is -0.281. The van der Waals surface area contributed by atoms with Crippen LogP contribution in [0.3, 0.4) is 0 Å². The lowest BCUT2D eigenvalue weighted by Gasteiger charge is -2.00. The van der Waals surface area contributed by atoms with Gasteiger partial charge in [0.15, 0.2) is 6.20 Å². The lowest BCUT2D eigenvalue weighted by molar-refractivity contribution is -0.688. The van der Waals surface area contributed by atoms with Gasteiger partial charge in [-0.05, 0) is 16.9 Å². The number of amides is 1. The molecule has 0 aromatic carbocycles. The largest absolute Gasteiger partial charge is 0.692 e. The molecule has 7 heteroatoms. The molecule has 0 radical (unpaired) electrons. The summed E-state index contributed by atoms with van der Waals surface area (Å²) in [6, 6.07) is 3.38. The van der Waals surface area contributed by atoms with Gasteiger partial charge < -0.3 is 5.21 Å². The first-order chi connectivity index (χ1) is 7.66. The van der Waals surface area contributed by atoms with Gasteiger partial charge in [-0.2, -0.15) is 4.85 Å². The van der Waals surface area contributed by atoms with Crippen LogP contribution in [0.15, 0.2) is 30.7 Å². The van der Waals surface area contributed by atoms with Crippen LogP contribution in [-0.4, -0.2) is 20.8 Å². The first-order valence-corrected chi connectivity index (χ1v) is 4.54. The van der Waals surface area contributed by atoms with Crippen molar-refractivity contribution in [2.24, 2.45) is 0 Å². The normalized spacial score (nSPS) is 10.1. The van der Waals surface area contributed by atoms with Crippen molar-refractivity contribution < 1.29 is 9.64 Å². The van der Waals surface area contributed by atoms with Gasteiger partial charge in [0.2, 0.25) is 5.91 Å². The van der Waals surface area contributed by atoms with Crippen LogP contribution in [0.1, 0.15) is 6.92 Å². The Hall–Kier alpha value is -2.44. The SMILES string of the molecule is CC(=O)Nc1c[n+]([O-])n(-c2cccnc2)n1. The first kappa shape index (κ1) is 10.1. The van der Waals surface area contributed by atoms with Gasteiger partial charge in [-0.25, -0.2) is 0 Å². The van der Waals surface area contributed by atoms with E-state index in [9.17, 15) is 10.0 Å². The first-order valence-electron chi connectivity index (χ1n) is 4.54. The van der Waals surface area contributed by atoms with Gasteiger partial charge in [-0.1, -0.05) is 0 Å². The number of hydrogen-bond donors (Lipinski definition) is 1. The second-order valence-corrected chi connectivity index (χ2v) is 3.10. The molecule has 7 nitrogen and oxygen atoms in total. The Labute approximate surface area is 90.9 Å². The highest BCUT2D eigenvalue weighted by Crippen LogP contribution is 2.03. The molecule has 0 unspecified atom stereocenters. The number of anilines is 1. The molecule has 1 N–H and O–H groups in total. The lowest BCUT2D eigenvalue weighted by atomic mass is 10.4. The maximum Gasteiger partial charge on any atom is 0.315 e. The molecule has 1 amide bonds. The van der Waals surface area contributed by atoms with Crippen molar-refractivity contribution in [2.75, 3.05) is 5.32 Å². The minimum Gasteiger partial charge on any atom is -0.692 e. The number of hydrogen-bond acceptors (Lipinski definition) is 4. The van der Waals surface area contributed by atoms with Gasteiger partial charge >= 0.3 is 5.82 Å². The molecule has 0 fully saturated rings. The quantitative estimate of drug-likeness (QED) is 0.562. The molecule has 0 aliphatic heterocycles. The Morgan fingerprint density at radius 2 is 2.44 bits per heavy atom. The Kier molecular flexibility index (Phi) is 2.50. The lowest BCUT2D eigenvalue weighted by Crippen LogP contribution is -2.36. The van der Waals surface area contributed by atoms with Gasteiger partial charge in [0, 0.05) is 13.1 Å². The molecule has 2 rings (SSSR count). The zero-order chi connectivity index (χ0) is 11.5. The number of nitrogens with one attached hydrogen (secondary N) is 1. The Balaban J connectivity index is 2.36. The van der Waals surface area contributed by atoms with Gasteiger partial charge in [-0.3, -0.25) is 15.1 Å². The highest BCUT2D eigenvalue weighted by molar-refractivity contribution is 5.87. The van der Waals surface area contributed by atoms with Crippen LogP contribution in [0.25, 0.3) is 5.69 Å². The summed E-state index contributed by atoms with van der Waals surface area (Å²) in [5.41, 5.74) is 0.522. The average molecular weight is 219 g/mol. The number of carbonyl (C=O) groups is 1. The topological polar surface area (TPSA) is 86.8 Å². The fraction of sp³-hybridized carbons (Fsp3) is 0.111. The summed E-state index contributed by atoms with van der Waals surface area (Å²) in [5.74, 6) is -0.0808. The molecular weight excluding hydrogens is 210 g/mol. The summed E-state index contributed by atoms with van der Waals surface area (Å²) in [4.78, 5) is 16.3. The summed E-state index contributed by atoms with van der Waals surface area (Å²) < 4.78 is 0. The van der Waals surface area contributed by atoms with Crippen LogP contribution in [0.5, 0.6) is 0 Å². The van der Waals surface area contributed by atoms with E-state index in [4.69, 9.17) is 0 Å². The van der Waals surface area contributed by atoms with Gasteiger partial charge in [-0.15, -0.1) is 0 Å². The molecule has 0 saturated carbocycles. The average Bonchev–Trinajstić information content (AvgIpc) is 2.60. The number of carbonyl (C=O) groups excluding carboxylic acids is 1. The van der Waals surface area contributed by atoms with Crippen molar-refractivity contribution in [1.82, 2.24) is 14.9 Å². The van der Waals surface area contributed by atoms with Crippen LogP contribution in [0.2, 0.25) is 0 Å².